The molecule has 0 saturated heterocycles. The summed E-state index contributed by atoms with van der Waals surface area (Å²) >= 11 is 0. The molecule has 0 atom stereocenters. The van der Waals surface area contributed by atoms with Gasteiger partial charge in [-0.1, -0.05) is 24.3 Å². The lowest BCUT2D eigenvalue weighted by Gasteiger charge is -2.09. The Hall–Kier alpha value is -5.18. The molecular formula is C28H22N4O5. The van der Waals surface area contributed by atoms with Gasteiger partial charge in [-0.3, -0.25) is 14.4 Å². The Kier molecular flexibility index (Phi) is 6.25. The molecule has 5 aromatic rings. The number of carbonyl (C=O) groups excluding carboxylic acids is 2. The van der Waals surface area contributed by atoms with E-state index in [1.54, 1.807) is 55.6 Å². The van der Waals surface area contributed by atoms with Crippen LogP contribution in [0.5, 0.6) is 5.75 Å². The fourth-order valence-electron chi connectivity index (χ4n) is 3.84. The standard InChI is InChI=1S/C28H22N4O5/c1-17-6-5-7-19(16-17)32-15-14-22(33)25(31-32)27(34)30-24-21-8-3-4-9-23(21)37-26(24)28(35)29-18-10-12-20(36-2)13-11-18/h3-16H,1-2H3,(H,29,35)(H,30,34). The van der Waals surface area contributed by atoms with Gasteiger partial charge in [-0.2, -0.15) is 5.10 Å². The van der Waals surface area contributed by atoms with Gasteiger partial charge >= 0.3 is 0 Å². The fraction of sp³-hybridized carbons (Fsp3) is 0.0714. The van der Waals surface area contributed by atoms with Gasteiger partial charge in [-0.05, 0) is 61.0 Å². The molecule has 2 aromatic heterocycles. The minimum Gasteiger partial charge on any atom is -0.497 e. The van der Waals surface area contributed by atoms with Crippen LogP contribution in [0.2, 0.25) is 0 Å². The van der Waals surface area contributed by atoms with Crippen LogP contribution in [-0.4, -0.2) is 28.7 Å². The second kappa shape index (κ2) is 9.82. The van der Waals surface area contributed by atoms with Gasteiger partial charge in [0.15, 0.2) is 5.69 Å². The van der Waals surface area contributed by atoms with E-state index in [2.05, 4.69) is 15.7 Å². The van der Waals surface area contributed by atoms with Gasteiger partial charge in [0.05, 0.1) is 12.8 Å². The number of hydrogen-bond acceptors (Lipinski definition) is 6. The molecule has 5 rings (SSSR count). The molecule has 0 fully saturated rings. The molecule has 2 amide bonds. The Balaban J connectivity index is 1.49. The van der Waals surface area contributed by atoms with Crippen molar-refractivity contribution in [2.75, 3.05) is 17.7 Å². The number of para-hydroxylation sites is 1. The molecular weight excluding hydrogens is 472 g/mol. The third-order valence-electron chi connectivity index (χ3n) is 5.68. The summed E-state index contributed by atoms with van der Waals surface area (Å²) in [5, 5.41) is 10.2. The van der Waals surface area contributed by atoms with Crippen LogP contribution < -0.4 is 20.8 Å². The largest absolute Gasteiger partial charge is 0.497 e. The Morgan fingerprint density at radius 2 is 1.70 bits per heavy atom. The number of amides is 2. The number of nitrogens with zero attached hydrogens (tertiary/aromatic N) is 2. The number of carbonyl (C=O) groups is 2. The Bertz CT molecular complexity index is 1690. The van der Waals surface area contributed by atoms with Crippen molar-refractivity contribution < 1.29 is 18.7 Å². The average Bonchev–Trinajstić information content (AvgIpc) is 3.28. The van der Waals surface area contributed by atoms with Gasteiger partial charge in [0.1, 0.15) is 17.0 Å². The molecule has 37 heavy (non-hydrogen) atoms. The zero-order valence-electron chi connectivity index (χ0n) is 20.0. The Labute approximate surface area is 211 Å². The molecule has 0 aliphatic carbocycles. The molecule has 0 bridgehead atoms. The quantitative estimate of drug-likeness (QED) is 0.350. The first kappa shape index (κ1) is 23.6. The fourth-order valence-corrected chi connectivity index (χ4v) is 3.84. The highest BCUT2D eigenvalue weighted by atomic mass is 16.5. The van der Waals surface area contributed by atoms with Crippen LogP contribution in [0.4, 0.5) is 11.4 Å². The summed E-state index contributed by atoms with van der Waals surface area (Å²) in [6.45, 7) is 1.93. The van der Waals surface area contributed by atoms with Crippen LogP contribution in [0.3, 0.4) is 0 Å². The van der Waals surface area contributed by atoms with E-state index in [-0.39, 0.29) is 17.1 Å². The normalized spacial score (nSPS) is 10.8. The van der Waals surface area contributed by atoms with E-state index in [1.165, 1.54) is 16.9 Å². The molecule has 9 nitrogen and oxygen atoms in total. The highest BCUT2D eigenvalue weighted by Crippen LogP contribution is 2.32. The van der Waals surface area contributed by atoms with Gasteiger partial charge in [0, 0.05) is 23.3 Å². The average molecular weight is 495 g/mol. The number of furan rings is 1. The number of ether oxygens (including phenoxy) is 1. The topological polar surface area (TPSA) is 115 Å². The second-order valence-corrected chi connectivity index (χ2v) is 8.25. The molecule has 2 N–H and O–H groups in total. The van der Waals surface area contributed by atoms with Crippen molar-refractivity contribution in [3.05, 3.63) is 112 Å². The first-order valence-electron chi connectivity index (χ1n) is 11.4. The number of benzene rings is 3. The minimum absolute atomic E-state index is 0.111. The van der Waals surface area contributed by atoms with E-state index in [4.69, 9.17) is 9.15 Å². The van der Waals surface area contributed by atoms with Crippen molar-refractivity contribution in [2.24, 2.45) is 0 Å². The number of aryl methyl sites for hydroxylation is 1. The van der Waals surface area contributed by atoms with E-state index in [1.807, 2.05) is 31.2 Å². The van der Waals surface area contributed by atoms with Crippen LogP contribution in [0, 0.1) is 6.92 Å². The molecule has 3 aromatic carbocycles. The number of hydrogen-bond donors (Lipinski definition) is 2. The monoisotopic (exact) mass is 494 g/mol. The van der Waals surface area contributed by atoms with Crippen molar-refractivity contribution in [3.63, 3.8) is 0 Å². The van der Waals surface area contributed by atoms with E-state index in [0.717, 1.165) is 5.56 Å². The number of methoxy groups -OCH3 is 1. The van der Waals surface area contributed by atoms with Gasteiger partial charge in [0.25, 0.3) is 11.8 Å². The summed E-state index contributed by atoms with van der Waals surface area (Å²) < 4.78 is 12.4. The maximum atomic E-state index is 13.3. The van der Waals surface area contributed by atoms with Crippen LogP contribution in [0.15, 0.2) is 94.3 Å². The summed E-state index contributed by atoms with van der Waals surface area (Å²) in [4.78, 5) is 39.0. The summed E-state index contributed by atoms with van der Waals surface area (Å²) in [6, 6.07) is 22.4. The maximum Gasteiger partial charge on any atom is 0.293 e. The SMILES string of the molecule is COc1ccc(NC(=O)c2oc3ccccc3c2NC(=O)c2nn(-c3cccc(C)c3)ccc2=O)cc1. The van der Waals surface area contributed by atoms with Gasteiger partial charge < -0.3 is 19.8 Å². The smallest absolute Gasteiger partial charge is 0.293 e. The first-order chi connectivity index (χ1) is 17.9. The minimum atomic E-state index is -0.767. The summed E-state index contributed by atoms with van der Waals surface area (Å²) in [5.74, 6) is -0.811. The molecule has 184 valence electrons. The lowest BCUT2D eigenvalue weighted by atomic mass is 10.2. The van der Waals surface area contributed by atoms with Crippen molar-refractivity contribution in [3.8, 4) is 11.4 Å². The van der Waals surface area contributed by atoms with Crippen molar-refractivity contribution in [1.29, 1.82) is 0 Å². The zero-order chi connectivity index (χ0) is 25.9. The third kappa shape index (κ3) is 4.83. The molecule has 0 unspecified atom stereocenters. The van der Waals surface area contributed by atoms with Gasteiger partial charge in [0.2, 0.25) is 11.2 Å². The lowest BCUT2D eigenvalue weighted by molar-refractivity contribution is 0.0999. The molecule has 9 heteroatoms. The maximum absolute atomic E-state index is 13.3. The van der Waals surface area contributed by atoms with Crippen LogP contribution in [-0.2, 0) is 0 Å². The van der Waals surface area contributed by atoms with E-state index < -0.39 is 17.2 Å². The molecule has 0 saturated carbocycles. The van der Waals surface area contributed by atoms with Crippen LogP contribution >= 0.6 is 0 Å². The summed E-state index contributed by atoms with van der Waals surface area (Å²) in [6.07, 6.45) is 1.49. The molecule has 0 aliphatic rings. The van der Waals surface area contributed by atoms with E-state index >= 15 is 0 Å². The predicted molar refractivity (Wildman–Crippen MR) is 140 cm³/mol. The zero-order valence-corrected chi connectivity index (χ0v) is 20.0. The van der Waals surface area contributed by atoms with Crippen molar-refractivity contribution in [2.45, 2.75) is 6.92 Å². The van der Waals surface area contributed by atoms with Crippen LogP contribution in [0.1, 0.15) is 26.6 Å². The van der Waals surface area contributed by atoms with Gasteiger partial charge in [-0.25, -0.2) is 4.68 Å². The highest BCUT2D eigenvalue weighted by Gasteiger charge is 2.24. The number of aromatic nitrogens is 2. The molecule has 2 heterocycles. The lowest BCUT2D eigenvalue weighted by Crippen LogP contribution is -2.26. The molecule has 0 aliphatic heterocycles. The van der Waals surface area contributed by atoms with Crippen molar-refractivity contribution in [1.82, 2.24) is 9.78 Å². The Morgan fingerprint density at radius 1 is 0.919 bits per heavy atom. The summed E-state index contributed by atoms with van der Waals surface area (Å²) in [5.41, 5.74) is 1.86. The summed E-state index contributed by atoms with van der Waals surface area (Å²) in [7, 11) is 1.55. The van der Waals surface area contributed by atoms with Crippen molar-refractivity contribution >= 4 is 34.2 Å². The highest BCUT2D eigenvalue weighted by molar-refractivity contribution is 6.16. The molecule has 0 radical (unpaired) electrons. The third-order valence-corrected chi connectivity index (χ3v) is 5.68. The van der Waals surface area contributed by atoms with E-state index in [9.17, 15) is 14.4 Å². The number of rotatable bonds is 6. The molecule has 0 spiro atoms. The number of anilines is 2. The number of fused-ring (bicyclic) bond motifs is 1. The van der Waals surface area contributed by atoms with Gasteiger partial charge in [-0.15, -0.1) is 0 Å². The van der Waals surface area contributed by atoms with Crippen LogP contribution in [0.25, 0.3) is 16.7 Å². The number of nitrogens with one attached hydrogen (secondary N) is 2. The second-order valence-electron chi connectivity index (χ2n) is 8.25. The predicted octanol–water partition coefficient (Wildman–Crippen LogP) is 4.80. The Morgan fingerprint density at radius 3 is 2.46 bits per heavy atom. The first-order valence-corrected chi connectivity index (χ1v) is 11.4. The van der Waals surface area contributed by atoms with E-state index in [0.29, 0.717) is 28.1 Å².